The van der Waals surface area contributed by atoms with E-state index in [9.17, 15) is 4.79 Å². The van der Waals surface area contributed by atoms with Crippen molar-refractivity contribution in [1.29, 1.82) is 0 Å². The van der Waals surface area contributed by atoms with Crippen molar-refractivity contribution in [2.75, 3.05) is 29.4 Å². The zero-order valence-corrected chi connectivity index (χ0v) is 18.9. The van der Waals surface area contributed by atoms with Gasteiger partial charge in [-0.05, 0) is 31.2 Å². The zero-order valence-electron chi connectivity index (χ0n) is 16.6. The minimum absolute atomic E-state index is 0.0459. The van der Waals surface area contributed by atoms with Gasteiger partial charge in [-0.25, -0.2) is 10.1 Å². The number of nitrogens with one attached hydrogen (secondary N) is 2. The smallest absolute Gasteiger partial charge is 0.264 e. The number of hydrogen-bond acceptors (Lipinski definition) is 8. The first kappa shape index (κ1) is 22.7. The first-order chi connectivity index (χ1) is 14.9. The number of halogens is 2. The summed E-state index contributed by atoms with van der Waals surface area (Å²) >= 11 is 13.1. The van der Waals surface area contributed by atoms with Gasteiger partial charge in [0.05, 0.1) is 34.3 Å². The largest absolute Gasteiger partial charge is 0.497 e. The van der Waals surface area contributed by atoms with Gasteiger partial charge in [0, 0.05) is 5.56 Å². The Labute approximate surface area is 192 Å². The summed E-state index contributed by atoms with van der Waals surface area (Å²) in [6.45, 7) is 1.83. The number of nitrogen functional groups attached to an aromatic ring is 1. The third-order valence-electron chi connectivity index (χ3n) is 4.03. The van der Waals surface area contributed by atoms with Crippen molar-refractivity contribution < 1.29 is 9.53 Å². The molecule has 0 bridgehead atoms. The van der Waals surface area contributed by atoms with E-state index in [1.54, 1.807) is 25.3 Å². The summed E-state index contributed by atoms with van der Waals surface area (Å²) in [4.78, 5) is 12.2. The number of nitrogens with two attached hydrogens (primary N) is 1. The van der Waals surface area contributed by atoms with Crippen LogP contribution in [-0.4, -0.2) is 39.4 Å². The number of hydrogen-bond donors (Lipinski definition) is 3. The Balaban J connectivity index is 1.59. The monoisotopic (exact) mass is 479 g/mol. The van der Waals surface area contributed by atoms with E-state index >= 15 is 0 Å². The van der Waals surface area contributed by atoms with Crippen LogP contribution in [-0.2, 0) is 4.79 Å². The minimum Gasteiger partial charge on any atom is -0.497 e. The van der Waals surface area contributed by atoms with Crippen LogP contribution in [0.25, 0.3) is 0 Å². The van der Waals surface area contributed by atoms with Crippen LogP contribution in [0, 0.1) is 0 Å². The number of aromatic nitrogens is 3. The maximum absolute atomic E-state index is 12.2. The number of anilines is 2. The topological polar surface area (TPSA) is 119 Å². The molecule has 2 aromatic carbocycles. The van der Waals surface area contributed by atoms with Crippen molar-refractivity contribution in [3.05, 3.63) is 58.1 Å². The van der Waals surface area contributed by atoms with E-state index in [2.05, 4.69) is 26.0 Å². The molecule has 4 N–H and O–H groups in total. The van der Waals surface area contributed by atoms with Crippen LogP contribution < -0.4 is 21.3 Å². The highest BCUT2D eigenvalue weighted by molar-refractivity contribution is 7.99. The number of carbonyl (C=O) groups is 1. The van der Waals surface area contributed by atoms with Gasteiger partial charge >= 0.3 is 0 Å². The molecule has 0 aliphatic heterocycles. The van der Waals surface area contributed by atoms with Gasteiger partial charge in [0.1, 0.15) is 5.75 Å². The molecule has 0 fully saturated rings. The van der Waals surface area contributed by atoms with E-state index < -0.39 is 0 Å². The minimum atomic E-state index is -0.293. The van der Waals surface area contributed by atoms with E-state index in [0.717, 1.165) is 23.1 Å². The van der Waals surface area contributed by atoms with Crippen molar-refractivity contribution in [3.63, 3.8) is 0 Å². The third kappa shape index (κ3) is 5.81. The highest BCUT2D eigenvalue weighted by Crippen LogP contribution is 2.29. The molecule has 3 rings (SSSR count). The summed E-state index contributed by atoms with van der Waals surface area (Å²) < 4.78 is 6.43. The molecule has 0 atom stereocenters. The molecule has 12 heteroatoms. The molecule has 0 aliphatic rings. The first-order valence-corrected chi connectivity index (χ1v) is 10.6. The number of methoxy groups -OCH3 is 1. The Morgan fingerprint density at radius 3 is 2.81 bits per heavy atom. The fourth-order valence-corrected chi connectivity index (χ4v) is 3.42. The van der Waals surface area contributed by atoms with Crippen LogP contribution in [0.15, 0.2) is 52.7 Å². The average Bonchev–Trinajstić information content (AvgIpc) is 3.13. The Hall–Kier alpha value is -2.95. The number of amides is 1. The molecule has 0 saturated heterocycles. The summed E-state index contributed by atoms with van der Waals surface area (Å²) in [5, 5.41) is 15.9. The van der Waals surface area contributed by atoms with Gasteiger partial charge in [-0.3, -0.25) is 4.79 Å². The lowest BCUT2D eigenvalue weighted by Crippen LogP contribution is -2.17. The van der Waals surface area contributed by atoms with Gasteiger partial charge < -0.3 is 15.9 Å². The quantitative estimate of drug-likeness (QED) is 0.194. The number of ether oxygens (including phenoxy) is 1. The molecule has 0 aliphatic carbocycles. The average molecular weight is 480 g/mol. The summed E-state index contributed by atoms with van der Waals surface area (Å²) in [6.07, 6.45) is 0. The highest BCUT2D eigenvalue weighted by atomic mass is 35.5. The summed E-state index contributed by atoms with van der Waals surface area (Å²) in [5.41, 5.74) is 4.78. The highest BCUT2D eigenvalue weighted by Gasteiger charge is 2.14. The number of nitrogens with zero attached hydrogens (tertiary/aromatic N) is 4. The van der Waals surface area contributed by atoms with Crippen molar-refractivity contribution in [1.82, 2.24) is 14.9 Å². The van der Waals surface area contributed by atoms with Gasteiger partial charge in [-0.15, -0.1) is 10.2 Å². The molecular weight excluding hydrogens is 461 g/mol. The Morgan fingerprint density at radius 1 is 1.26 bits per heavy atom. The van der Waals surface area contributed by atoms with Crippen molar-refractivity contribution in [2.45, 2.75) is 12.1 Å². The maximum atomic E-state index is 12.2. The lowest BCUT2D eigenvalue weighted by atomic mass is 10.1. The molecule has 1 heterocycles. The van der Waals surface area contributed by atoms with E-state index in [1.807, 2.05) is 31.2 Å². The fourth-order valence-electron chi connectivity index (χ4n) is 2.41. The lowest BCUT2D eigenvalue weighted by molar-refractivity contribution is -0.113. The van der Waals surface area contributed by atoms with Crippen LogP contribution in [0.5, 0.6) is 5.75 Å². The Kier molecular flexibility index (Phi) is 7.61. The fraction of sp³-hybridized carbons (Fsp3) is 0.158. The second-order valence-electron chi connectivity index (χ2n) is 6.16. The Morgan fingerprint density at radius 2 is 2.03 bits per heavy atom. The standard InChI is InChI=1S/C19H19Cl2N7O2S/c1-11(12-5-3-6-13(9-12)30-2)24-25-18-26-27-19(28(18)22)31-10-16(29)23-15-8-4-7-14(20)17(15)21/h3-9H,10,22H2,1-2H3,(H,23,29)(H,25,26)/b24-11+. The second-order valence-corrected chi connectivity index (χ2v) is 7.88. The summed E-state index contributed by atoms with van der Waals surface area (Å²) in [5.74, 6) is 6.71. The van der Waals surface area contributed by atoms with E-state index in [1.165, 1.54) is 4.68 Å². The molecule has 1 amide bonds. The van der Waals surface area contributed by atoms with Crippen LogP contribution in [0.4, 0.5) is 11.6 Å². The normalized spacial score (nSPS) is 11.3. The molecule has 3 aromatic rings. The van der Waals surface area contributed by atoms with Crippen LogP contribution in [0.1, 0.15) is 12.5 Å². The summed E-state index contributed by atoms with van der Waals surface area (Å²) in [6, 6.07) is 12.5. The van der Waals surface area contributed by atoms with E-state index in [4.69, 9.17) is 33.8 Å². The molecular formula is C19H19Cl2N7O2S. The second kappa shape index (κ2) is 10.4. The van der Waals surface area contributed by atoms with Gasteiger partial charge in [0.25, 0.3) is 5.95 Å². The Bertz CT molecular complexity index is 1120. The molecule has 162 valence electrons. The third-order valence-corrected chi connectivity index (χ3v) is 5.80. The number of carbonyl (C=O) groups excluding carboxylic acids is 1. The molecule has 0 radical (unpaired) electrons. The predicted octanol–water partition coefficient (Wildman–Crippen LogP) is 3.87. The predicted molar refractivity (Wildman–Crippen MR) is 125 cm³/mol. The lowest BCUT2D eigenvalue weighted by Gasteiger charge is -2.08. The molecule has 1 aromatic heterocycles. The molecule has 0 unspecified atom stereocenters. The van der Waals surface area contributed by atoms with Crippen LogP contribution in [0.2, 0.25) is 10.0 Å². The van der Waals surface area contributed by atoms with Crippen LogP contribution in [0.3, 0.4) is 0 Å². The van der Waals surface area contributed by atoms with Crippen molar-refractivity contribution >= 4 is 58.2 Å². The van der Waals surface area contributed by atoms with Gasteiger partial charge in [-0.2, -0.15) is 5.10 Å². The van der Waals surface area contributed by atoms with Crippen molar-refractivity contribution in [3.8, 4) is 5.75 Å². The number of thioether (sulfide) groups is 1. The first-order valence-electron chi connectivity index (χ1n) is 8.91. The SMILES string of the molecule is COc1cccc(/C(C)=N/Nc2nnc(SCC(=O)Nc3cccc(Cl)c3Cl)n2N)c1. The van der Waals surface area contributed by atoms with Gasteiger partial charge in [-0.1, -0.05) is 53.2 Å². The van der Waals surface area contributed by atoms with E-state index in [0.29, 0.717) is 21.6 Å². The molecule has 0 saturated carbocycles. The molecule has 0 spiro atoms. The molecule has 9 nitrogen and oxygen atoms in total. The maximum Gasteiger partial charge on any atom is 0.264 e. The number of rotatable bonds is 8. The van der Waals surface area contributed by atoms with Crippen molar-refractivity contribution in [2.24, 2.45) is 5.10 Å². The van der Waals surface area contributed by atoms with Gasteiger partial charge in [0.15, 0.2) is 0 Å². The summed E-state index contributed by atoms with van der Waals surface area (Å²) in [7, 11) is 1.60. The number of benzene rings is 2. The van der Waals surface area contributed by atoms with E-state index in [-0.39, 0.29) is 22.6 Å². The van der Waals surface area contributed by atoms with Crippen LogP contribution >= 0.6 is 35.0 Å². The van der Waals surface area contributed by atoms with Gasteiger partial charge in [0.2, 0.25) is 11.1 Å². The zero-order chi connectivity index (χ0) is 22.4. The molecule has 31 heavy (non-hydrogen) atoms. The number of hydrazone groups is 1.